The molecular weight excluding hydrogens is 202 g/mol. The topological polar surface area (TPSA) is 39.2 Å². The van der Waals surface area contributed by atoms with Gasteiger partial charge in [0.2, 0.25) is 0 Å². The van der Waals surface area contributed by atoms with Gasteiger partial charge in [-0.2, -0.15) is 0 Å². The lowest BCUT2D eigenvalue weighted by Crippen LogP contribution is -1.93. The average Bonchev–Trinajstić information content (AvgIpc) is 2.35. The second kappa shape index (κ2) is 4.57. The van der Waals surface area contributed by atoms with Crippen LogP contribution in [0.4, 0.5) is 0 Å². The van der Waals surface area contributed by atoms with E-state index in [0.717, 1.165) is 16.5 Å². The molecule has 0 spiro atoms. The maximum atomic E-state index is 10.9. The predicted molar refractivity (Wildman–Crippen MR) is 62.8 cm³/mol. The van der Waals surface area contributed by atoms with E-state index < -0.39 is 0 Å². The lowest BCUT2D eigenvalue weighted by molar-refractivity contribution is -0.134. The second-order valence-corrected chi connectivity index (χ2v) is 3.31. The lowest BCUT2D eigenvalue weighted by Gasteiger charge is -1.98. The summed E-state index contributed by atoms with van der Waals surface area (Å²) in [6.45, 7) is 0. The molecule has 80 valence electrons. The number of pyridine rings is 1. The number of ether oxygens (including phenoxy) is 1. The minimum absolute atomic E-state index is 0.355. The van der Waals surface area contributed by atoms with Crippen LogP contribution in [0, 0.1) is 0 Å². The zero-order valence-corrected chi connectivity index (χ0v) is 8.88. The molecular formula is C13H11NO2. The van der Waals surface area contributed by atoms with E-state index in [1.807, 2.05) is 30.3 Å². The van der Waals surface area contributed by atoms with Crippen molar-refractivity contribution in [3.63, 3.8) is 0 Å². The average molecular weight is 213 g/mol. The molecule has 0 unspecified atom stereocenters. The summed E-state index contributed by atoms with van der Waals surface area (Å²) >= 11 is 0. The standard InChI is InChI=1S/C13H11NO2/c1-16-13(15)7-5-10-4-6-12-11(9-10)3-2-8-14-12/h2-9H,1H3. The van der Waals surface area contributed by atoms with Gasteiger partial charge in [0.15, 0.2) is 0 Å². The van der Waals surface area contributed by atoms with E-state index in [9.17, 15) is 4.79 Å². The molecule has 0 amide bonds. The van der Waals surface area contributed by atoms with Gasteiger partial charge in [-0.3, -0.25) is 4.98 Å². The molecule has 3 heteroatoms. The Morgan fingerprint density at radius 2 is 2.25 bits per heavy atom. The highest BCUT2D eigenvalue weighted by atomic mass is 16.5. The molecule has 0 saturated carbocycles. The summed E-state index contributed by atoms with van der Waals surface area (Å²) in [6.07, 6.45) is 4.88. The van der Waals surface area contributed by atoms with Crippen molar-refractivity contribution in [1.29, 1.82) is 0 Å². The monoisotopic (exact) mass is 213 g/mol. The Morgan fingerprint density at radius 1 is 1.38 bits per heavy atom. The molecule has 0 saturated heterocycles. The van der Waals surface area contributed by atoms with Crippen LogP contribution in [0.15, 0.2) is 42.6 Å². The summed E-state index contributed by atoms with van der Waals surface area (Å²) in [7, 11) is 1.36. The normalized spacial score (nSPS) is 10.8. The highest BCUT2D eigenvalue weighted by Gasteiger charge is 1.95. The predicted octanol–water partition coefficient (Wildman–Crippen LogP) is 2.42. The number of fused-ring (bicyclic) bond motifs is 1. The van der Waals surface area contributed by atoms with Crippen LogP contribution < -0.4 is 0 Å². The molecule has 3 nitrogen and oxygen atoms in total. The quantitative estimate of drug-likeness (QED) is 0.568. The number of rotatable bonds is 2. The Morgan fingerprint density at radius 3 is 3.06 bits per heavy atom. The Labute approximate surface area is 93.4 Å². The van der Waals surface area contributed by atoms with E-state index in [1.165, 1.54) is 13.2 Å². The number of nitrogens with zero attached hydrogens (tertiary/aromatic N) is 1. The van der Waals surface area contributed by atoms with E-state index >= 15 is 0 Å². The van der Waals surface area contributed by atoms with Gasteiger partial charge < -0.3 is 4.74 Å². The van der Waals surface area contributed by atoms with Gasteiger partial charge in [0, 0.05) is 17.7 Å². The van der Waals surface area contributed by atoms with E-state index in [-0.39, 0.29) is 5.97 Å². The lowest BCUT2D eigenvalue weighted by atomic mass is 10.1. The molecule has 0 bridgehead atoms. The first-order valence-electron chi connectivity index (χ1n) is 4.90. The Hall–Kier alpha value is -2.16. The largest absolute Gasteiger partial charge is 0.466 e. The molecule has 16 heavy (non-hydrogen) atoms. The summed E-state index contributed by atoms with van der Waals surface area (Å²) in [6, 6.07) is 9.68. The number of carbonyl (C=O) groups excluding carboxylic acids is 1. The highest BCUT2D eigenvalue weighted by Crippen LogP contribution is 2.14. The van der Waals surface area contributed by atoms with Crippen LogP contribution >= 0.6 is 0 Å². The number of methoxy groups -OCH3 is 1. The molecule has 1 aromatic carbocycles. The van der Waals surface area contributed by atoms with E-state index in [1.54, 1.807) is 12.3 Å². The Bertz CT molecular complexity index is 546. The molecule has 0 atom stereocenters. The molecule has 0 N–H and O–H groups in total. The number of aromatic nitrogens is 1. The van der Waals surface area contributed by atoms with Crippen LogP contribution in [-0.2, 0) is 9.53 Å². The molecule has 1 aromatic heterocycles. The van der Waals surface area contributed by atoms with Gasteiger partial charge in [-0.15, -0.1) is 0 Å². The van der Waals surface area contributed by atoms with Crippen molar-refractivity contribution >= 4 is 22.9 Å². The molecule has 0 aliphatic heterocycles. The van der Waals surface area contributed by atoms with Crippen LogP contribution in [-0.4, -0.2) is 18.1 Å². The van der Waals surface area contributed by atoms with Crippen molar-refractivity contribution in [3.8, 4) is 0 Å². The van der Waals surface area contributed by atoms with Gasteiger partial charge in [-0.1, -0.05) is 12.1 Å². The van der Waals surface area contributed by atoms with Crippen LogP contribution in [0.1, 0.15) is 5.56 Å². The van der Waals surface area contributed by atoms with Crippen molar-refractivity contribution < 1.29 is 9.53 Å². The second-order valence-electron chi connectivity index (χ2n) is 3.31. The smallest absolute Gasteiger partial charge is 0.330 e. The summed E-state index contributed by atoms with van der Waals surface area (Å²) in [4.78, 5) is 15.1. The molecule has 2 aromatic rings. The zero-order valence-electron chi connectivity index (χ0n) is 8.88. The number of hydrogen-bond acceptors (Lipinski definition) is 3. The van der Waals surface area contributed by atoms with Crippen LogP contribution in [0.25, 0.3) is 17.0 Å². The van der Waals surface area contributed by atoms with Gasteiger partial charge in [0.25, 0.3) is 0 Å². The minimum atomic E-state index is -0.355. The first-order valence-corrected chi connectivity index (χ1v) is 4.90. The SMILES string of the molecule is COC(=O)C=Cc1ccc2ncccc2c1. The van der Waals surface area contributed by atoms with Crippen LogP contribution in [0.5, 0.6) is 0 Å². The highest BCUT2D eigenvalue weighted by molar-refractivity contribution is 5.88. The molecule has 2 rings (SSSR count). The third kappa shape index (κ3) is 2.25. The van der Waals surface area contributed by atoms with Crippen LogP contribution in [0.3, 0.4) is 0 Å². The van der Waals surface area contributed by atoms with Gasteiger partial charge in [-0.05, 0) is 29.8 Å². The van der Waals surface area contributed by atoms with Crippen molar-refractivity contribution in [2.24, 2.45) is 0 Å². The molecule has 0 radical (unpaired) electrons. The maximum absolute atomic E-state index is 10.9. The first-order chi connectivity index (χ1) is 7.79. The first kappa shape index (κ1) is 10.4. The van der Waals surface area contributed by atoms with Crippen molar-refractivity contribution in [3.05, 3.63) is 48.2 Å². The zero-order chi connectivity index (χ0) is 11.4. The summed E-state index contributed by atoms with van der Waals surface area (Å²) < 4.78 is 4.52. The number of hydrogen-bond donors (Lipinski definition) is 0. The van der Waals surface area contributed by atoms with E-state index in [4.69, 9.17) is 0 Å². The number of esters is 1. The number of benzene rings is 1. The van der Waals surface area contributed by atoms with Crippen molar-refractivity contribution in [1.82, 2.24) is 4.98 Å². The third-order valence-corrected chi connectivity index (χ3v) is 2.24. The van der Waals surface area contributed by atoms with Gasteiger partial charge in [-0.25, -0.2) is 4.79 Å². The summed E-state index contributed by atoms with van der Waals surface area (Å²) in [5, 5.41) is 1.05. The fraction of sp³-hybridized carbons (Fsp3) is 0.0769. The summed E-state index contributed by atoms with van der Waals surface area (Å²) in [5.74, 6) is -0.355. The van der Waals surface area contributed by atoms with Gasteiger partial charge in [0.05, 0.1) is 12.6 Å². The van der Waals surface area contributed by atoms with Crippen LogP contribution in [0.2, 0.25) is 0 Å². The Balaban J connectivity index is 2.33. The molecule has 0 aliphatic carbocycles. The van der Waals surface area contributed by atoms with Gasteiger partial charge >= 0.3 is 5.97 Å². The summed E-state index contributed by atoms with van der Waals surface area (Å²) in [5.41, 5.74) is 1.89. The minimum Gasteiger partial charge on any atom is -0.466 e. The van der Waals surface area contributed by atoms with E-state index in [0.29, 0.717) is 0 Å². The maximum Gasteiger partial charge on any atom is 0.330 e. The fourth-order valence-electron chi connectivity index (χ4n) is 1.43. The molecule has 1 heterocycles. The van der Waals surface area contributed by atoms with Gasteiger partial charge in [0.1, 0.15) is 0 Å². The van der Waals surface area contributed by atoms with Crippen molar-refractivity contribution in [2.45, 2.75) is 0 Å². The Kier molecular flexibility index (Phi) is 2.96. The number of carbonyl (C=O) groups is 1. The molecule has 0 aliphatic rings. The fourth-order valence-corrected chi connectivity index (χ4v) is 1.43. The van der Waals surface area contributed by atoms with Crippen molar-refractivity contribution in [2.75, 3.05) is 7.11 Å². The van der Waals surface area contributed by atoms with E-state index in [2.05, 4.69) is 9.72 Å². The third-order valence-electron chi connectivity index (χ3n) is 2.24. The molecule has 0 fully saturated rings.